The predicted molar refractivity (Wildman–Crippen MR) is 96.8 cm³/mol. The van der Waals surface area contributed by atoms with E-state index < -0.39 is 11.9 Å². The summed E-state index contributed by atoms with van der Waals surface area (Å²) in [7, 11) is 0. The molecule has 1 aromatic rings. The van der Waals surface area contributed by atoms with E-state index >= 15 is 0 Å². The number of aryl methyl sites for hydroxylation is 1. The number of fused-ring (bicyclic) bond motifs is 2. The smallest absolute Gasteiger partial charge is 0.321 e. The summed E-state index contributed by atoms with van der Waals surface area (Å²) in [5, 5.41) is 5.67. The van der Waals surface area contributed by atoms with Crippen LogP contribution in [0.25, 0.3) is 0 Å². The van der Waals surface area contributed by atoms with Crippen molar-refractivity contribution in [3.05, 3.63) is 28.8 Å². The molecular weight excluding hydrogens is 340 g/mol. The second-order valence-corrected chi connectivity index (χ2v) is 7.78. The van der Waals surface area contributed by atoms with E-state index in [-0.39, 0.29) is 12.6 Å². The van der Waals surface area contributed by atoms with Crippen LogP contribution in [0.1, 0.15) is 38.2 Å². The molecule has 0 aromatic heterocycles. The lowest BCUT2D eigenvalue weighted by Gasteiger charge is -2.28. The highest BCUT2D eigenvalue weighted by Crippen LogP contribution is 2.49. The third-order valence-corrected chi connectivity index (χ3v) is 5.80. The van der Waals surface area contributed by atoms with Gasteiger partial charge in [0, 0.05) is 6.04 Å². The summed E-state index contributed by atoms with van der Waals surface area (Å²) in [6, 6.07) is 4.95. The predicted octanol–water partition coefficient (Wildman–Crippen LogP) is 3.68. The van der Waals surface area contributed by atoms with E-state index in [9.17, 15) is 9.59 Å². The average molecular weight is 365 g/mol. The molecule has 2 aliphatic carbocycles. The Bertz CT molecular complexity index is 664. The minimum absolute atomic E-state index is 0.0789. The molecule has 2 bridgehead atoms. The van der Waals surface area contributed by atoms with Crippen molar-refractivity contribution in [3.8, 4) is 5.75 Å². The molecule has 0 heterocycles. The molecule has 2 aliphatic rings. The second kappa shape index (κ2) is 7.65. The van der Waals surface area contributed by atoms with Crippen LogP contribution >= 0.6 is 11.6 Å². The van der Waals surface area contributed by atoms with E-state index in [0.717, 1.165) is 17.4 Å². The van der Waals surface area contributed by atoms with Gasteiger partial charge in [0.15, 0.2) is 6.61 Å². The number of nitrogens with one attached hydrogen (secondary N) is 2. The highest BCUT2D eigenvalue weighted by molar-refractivity contribution is 6.32. The Balaban J connectivity index is 1.43. The number of carbonyl (C=O) groups excluding carboxylic acids is 2. The molecule has 0 spiro atoms. The lowest BCUT2D eigenvalue weighted by atomic mass is 9.84. The maximum Gasteiger partial charge on any atom is 0.321 e. The quantitative estimate of drug-likeness (QED) is 0.837. The van der Waals surface area contributed by atoms with E-state index in [1.165, 1.54) is 25.7 Å². The van der Waals surface area contributed by atoms with Crippen LogP contribution in [-0.2, 0) is 4.79 Å². The monoisotopic (exact) mass is 364 g/mol. The molecule has 0 saturated heterocycles. The van der Waals surface area contributed by atoms with Crippen molar-refractivity contribution in [3.63, 3.8) is 0 Å². The number of amides is 3. The van der Waals surface area contributed by atoms with Gasteiger partial charge in [0.1, 0.15) is 5.75 Å². The molecule has 25 heavy (non-hydrogen) atoms. The van der Waals surface area contributed by atoms with Crippen molar-refractivity contribution < 1.29 is 14.3 Å². The molecule has 4 unspecified atom stereocenters. The highest BCUT2D eigenvalue weighted by Gasteiger charge is 2.42. The van der Waals surface area contributed by atoms with E-state index in [0.29, 0.717) is 16.7 Å². The third-order valence-electron chi connectivity index (χ3n) is 5.49. The normalized spacial score (nSPS) is 25.5. The number of benzene rings is 1. The minimum Gasteiger partial charge on any atom is -0.482 e. The number of ether oxygens (including phenoxy) is 1. The molecule has 4 atom stereocenters. The summed E-state index contributed by atoms with van der Waals surface area (Å²) >= 11 is 6.02. The van der Waals surface area contributed by atoms with Gasteiger partial charge >= 0.3 is 6.03 Å². The van der Waals surface area contributed by atoms with Crippen LogP contribution in [0.5, 0.6) is 5.75 Å². The second-order valence-electron chi connectivity index (χ2n) is 7.37. The van der Waals surface area contributed by atoms with Crippen molar-refractivity contribution in [2.24, 2.45) is 17.8 Å². The fourth-order valence-corrected chi connectivity index (χ4v) is 4.46. The molecule has 6 heteroatoms. The summed E-state index contributed by atoms with van der Waals surface area (Å²) in [6.45, 7) is 3.69. The zero-order chi connectivity index (χ0) is 18.0. The van der Waals surface area contributed by atoms with Crippen molar-refractivity contribution in [1.82, 2.24) is 10.6 Å². The van der Waals surface area contributed by atoms with Gasteiger partial charge in [0.05, 0.1) is 5.02 Å². The first-order chi connectivity index (χ1) is 11.9. The zero-order valence-corrected chi connectivity index (χ0v) is 15.4. The van der Waals surface area contributed by atoms with Crippen LogP contribution in [-0.4, -0.2) is 24.6 Å². The summed E-state index contributed by atoms with van der Waals surface area (Å²) in [4.78, 5) is 23.9. The Kier molecular flexibility index (Phi) is 5.52. The molecule has 136 valence electrons. The average Bonchev–Trinajstić information content (AvgIpc) is 3.18. The van der Waals surface area contributed by atoms with Crippen molar-refractivity contribution >= 4 is 23.5 Å². The minimum atomic E-state index is -0.491. The molecule has 5 nitrogen and oxygen atoms in total. The molecule has 2 saturated carbocycles. The van der Waals surface area contributed by atoms with Crippen LogP contribution in [0.2, 0.25) is 5.02 Å². The maximum absolute atomic E-state index is 12.0. The number of halogens is 1. The Morgan fingerprint density at radius 2 is 2.12 bits per heavy atom. The first kappa shape index (κ1) is 18.1. The fraction of sp³-hybridized carbons (Fsp3) is 0.579. The Labute approximate surface area is 153 Å². The van der Waals surface area contributed by atoms with E-state index in [2.05, 4.69) is 10.6 Å². The van der Waals surface area contributed by atoms with Gasteiger partial charge in [-0.1, -0.05) is 24.1 Å². The standard InChI is InChI=1S/C19H25ClN2O3/c1-11-3-6-16(20)17(7-11)25-10-18(23)22-19(24)21-12(2)15-9-13-4-5-14(15)8-13/h3,6-7,12-15H,4-5,8-10H2,1-2H3,(H2,21,22,23,24). The van der Waals surface area contributed by atoms with Crippen LogP contribution in [0.4, 0.5) is 4.79 Å². The van der Waals surface area contributed by atoms with Gasteiger partial charge in [0.2, 0.25) is 0 Å². The Morgan fingerprint density at radius 3 is 2.80 bits per heavy atom. The number of carbonyl (C=O) groups is 2. The van der Waals surface area contributed by atoms with Crippen LogP contribution in [0, 0.1) is 24.7 Å². The van der Waals surface area contributed by atoms with Crippen LogP contribution < -0.4 is 15.4 Å². The largest absolute Gasteiger partial charge is 0.482 e. The van der Waals surface area contributed by atoms with Crippen molar-refractivity contribution in [2.75, 3.05) is 6.61 Å². The highest BCUT2D eigenvalue weighted by atomic mass is 35.5. The van der Waals surface area contributed by atoms with Gasteiger partial charge in [-0.25, -0.2) is 4.79 Å². The van der Waals surface area contributed by atoms with Crippen LogP contribution in [0.15, 0.2) is 18.2 Å². The number of urea groups is 1. The lowest BCUT2D eigenvalue weighted by molar-refractivity contribution is -0.122. The number of hydrogen-bond donors (Lipinski definition) is 2. The molecule has 2 N–H and O–H groups in total. The molecule has 1 aromatic carbocycles. The molecule has 0 aliphatic heterocycles. The van der Waals surface area contributed by atoms with Crippen molar-refractivity contribution in [2.45, 2.75) is 45.6 Å². The van der Waals surface area contributed by atoms with Crippen molar-refractivity contribution in [1.29, 1.82) is 0 Å². The van der Waals surface area contributed by atoms with E-state index in [1.54, 1.807) is 12.1 Å². The number of hydrogen-bond acceptors (Lipinski definition) is 3. The van der Waals surface area contributed by atoms with Gasteiger partial charge in [-0.2, -0.15) is 0 Å². The fourth-order valence-electron chi connectivity index (χ4n) is 4.28. The molecule has 3 rings (SSSR count). The maximum atomic E-state index is 12.0. The number of rotatable bonds is 5. The number of imide groups is 1. The van der Waals surface area contributed by atoms with Gasteiger partial charge in [-0.3, -0.25) is 10.1 Å². The SMILES string of the molecule is Cc1ccc(Cl)c(OCC(=O)NC(=O)NC(C)C2CC3CCC2C3)c1. The first-order valence-electron chi connectivity index (χ1n) is 8.91. The van der Waals surface area contributed by atoms with Gasteiger partial charge in [-0.15, -0.1) is 0 Å². The molecule has 0 radical (unpaired) electrons. The summed E-state index contributed by atoms with van der Waals surface area (Å²) in [5.41, 5.74) is 0.984. The third kappa shape index (κ3) is 4.46. The Hall–Kier alpha value is -1.75. The van der Waals surface area contributed by atoms with E-state index in [4.69, 9.17) is 16.3 Å². The molecule has 3 amide bonds. The summed E-state index contributed by atoms with van der Waals surface area (Å²) in [6.07, 6.45) is 5.09. The Morgan fingerprint density at radius 1 is 1.32 bits per heavy atom. The molecule has 2 fully saturated rings. The van der Waals surface area contributed by atoms with E-state index in [1.807, 2.05) is 19.9 Å². The first-order valence-corrected chi connectivity index (χ1v) is 9.29. The van der Waals surface area contributed by atoms with Gasteiger partial charge < -0.3 is 10.1 Å². The zero-order valence-electron chi connectivity index (χ0n) is 14.7. The van der Waals surface area contributed by atoms with Gasteiger partial charge in [0.25, 0.3) is 5.91 Å². The summed E-state index contributed by atoms with van der Waals surface area (Å²) in [5.74, 6) is 2.03. The van der Waals surface area contributed by atoms with Crippen LogP contribution in [0.3, 0.4) is 0 Å². The van der Waals surface area contributed by atoms with Gasteiger partial charge in [-0.05, 0) is 68.6 Å². The topological polar surface area (TPSA) is 67.4 Å². The summed E-state index contributed by atoms with van der Waals surface area (Å²) < 4.78 is 5.40. The molecular formula is C19H25ClN2O3. The lowest BCUT2D eigenvalue weighted by Crippen LogP contribution is -2.48.